The minimum atomic E-state index is 0.410. The van der Waals surface area contributed by atoms with E-state index in [9.17, 15) is 0 Å². The van der Waals surface area contributed by atoms with E-state index in [-0.39, 0.29) is 0 Å². The maximum absolute atomic E-state index is 5.73. The molecule has 19 heavy (non-hydrogen) atoms. The normalized spacial score (nSPS) is 10.5. The van der Waals surface area contributed by atoms with E-state index in [1.165, 1.54) is 0 Å². The maximum atomic E-state index is 5.73. The van der Waals surface area contributed by atoms with Crippen molar-refractivity contribution in [2.45, 2.75) is 6.61 Å². The molecule has 1 aromatic heterocycles. The highest BCUT2D eigenvalue weighted by Gasteiger charge is 2.01. The summed E-state index contributed by atoms with van der Waals surface area (Å²) in [7, 11) is 0. The van der Waals surface area contributed by atoms with E-state index in [0.29, 0.717) is 12.4 Å². The number of hydrogen-bond donors (Lipinski definition) is 1. The lowest BCUT2D eigenvalue weighted by Crippen LogP contribution is -1.96. The van der Waals surface area contributed by atoms with Gasteiger partial charge in [-0.2, -0.15) is 0 Å². The molecule has 94 valence electrons. The summed E-state index contributed by atoms with van der Waals surface area (Å²) in [6, 6.07) is 15.6. The van der Waals surface area contributed by atoms with Crippen LogP contribution in [-0.4, -0.2) is 9.97 Å². The molecule has 0 fully saturated rings. The third-order valence-electron chi connectivity index (χ3n) is 2.78. The van der Waals surface area contributed by atoms with E-state index in [1.54, 1.807) is 6.20 Å². The second kappa shape index (κ2) is 4.94. The van der Waals surface area contributed by atoms with Gasteiger partial charge in [0.15, 0.2) is 0 Å². The van der Waals surface area contributed by atoms with Crippen molar-refractivity contribution in [3.63, 3.8) is 0 Å². The van der Waals surface area contributed by atoms with Crippen molar-refractivity contribution in [3.8, 4) is 5.75 Å². The molecular weight excluding hydrogens is 238 g/mol. The number of benzene rings is 2. The Morgan fingerprint density at radius 1 is 1.00 bits per heavy atom. The van der Waals surface area contributed by atoms with Gasteiger partial charge < -0.3 is 10.5 Å². The number of nitrogen functional groups attached to an aromatic ring is 1. The van der Waals surface area contributed by atoms with Crippen LogP contribution in [0.5, 0.6) is 5.75 Å². The van der Waals surface area contributed by atoms with Crippen molar-refractivity contribution >= 4 is 16.9 Å². The number of ether oxygens (including phenoxy) is 1. The lowest BCUT2D eigenvalue weighted by molar-refractivity contribution is 0.306. The topological polar surface area (TPSA) is 61.0 Å². The minimum absolute atomic E-state index is 0.410. The Labute approximate surface area is 110 Å². The number of fused-ring (bicyclic) bond motifs is 1. The standard InChI is InChI=1S/C15H13N3O/c16-15-9-17-13-7-6-12(8-14(13)18-15)19-10-11-4-2-1-3-5-11/h1-9H,10H2,(H2,16,18). The molecule has 4 heteroatoms. The van der Waals surface area contributed by atoms with Gasteiger partial charge in [0.1, 0.15) is 18.2 Å². The van der Waals surface area contributed by atoms with Crippen LogP contribution < -0.4 is 10.5 Å². The Morgan fingerprint density at radius 3 is 2.68 bits per heavy atom. The fourth-order valence-corrected chi connectivity index (χ4v) is 1.84. The Kier molecular flexibility index (Phi) is 2.98. The largest absolute Gasteiger partial charge is 0.489 e. The molecular formula is C15H13N3O. The Balaban J connectivity index is 1.81. The average molecular weight is 251 g/mol. The highest BCUT2D eigenvalue weighted by Crippen LogP contribution is 2.19. The number of anilines is 1. The summed E-state index contributed by atoms with van der Waals surface area (Å²) in [4.78, 5) is 8.42. The van der Waals surface area contributed by atoms with E-state index in [2.05, 4.69) is 9.97 Å². The molecule has 1 heterocycles. The van der Waals surface area contributed by atoms with Crippen LogP contribution in [0.15, 0.2) is 54.7 Å². The quantitative estimate of drug-likeness (QED) is 0.777. The number of nitrogens with zero attached hydrogens (tertiary/aromatic N) is 2. The molecule has 0 amide bonds. The summed E-state index contributed by atoms with van der Waals surface area (Å²) in [5.74, 6) is 1.17. The number of nitrogens with two attached hydrogens (primary N) is 1. The molecule has 0 spiro atoms. The molecule has 0 radical (unpaired) electrons. The molecule has 0 saturated heterocycles. The lowest BCUT2D eigenvalue weighted by Gasteiger charge is -2.07. The zero-order valence-corrected chi connectivity index (χ0v) is 10.3. The smallest absolute Gasteiger partial charge is 0.142 e. The minimum Gasteiger partial charge on any atom is -0.489 e. The van der Waals surface area contributed by atoms with Crippen LogP contribution in [0.3, 0.4) is 0 Å². The molecule has 4 nitrogen and oxygen atoms in total. The van der Waals surface area contributed by atoms with E-state index in [1.807, 2.05) is 48.5 Å². The summed E-state index contributed by atoms with van der Waals surface area (Å²) >= 11 is 0. The first-order valence-corrected chi connectivity index (χ1v) is 6.00. The van der Waals surface area contributed by atoms with Crippen molar-refractivity contribution in [3.05, 3.63) is 60.3 Å². The Bertz CT molecular complexity index is 698. The van der Waals surface area contributed by atoms with Crippen LogP contribution in [0.25, 0.3) is 11.0 Å². The SMILES string of the molecule is Nc1cnc2ccc(OCc3ccccc3)cc2n1. The molecule has 0 aliphatic rings. The van der Waals surface area contributed by atoms with Gasteiger partial charge in [-0.05, 0) is 17.7 Å². The third kappa shape index (κ3) is 2.63. The van der Waals surface area contributed by atoms with Gasteiger partial charge in [0, 0.05) is 6.07 Å². The lowest BCUT2D eigenvalue weighted by atomic mass is 10.2. The zero-order valence-electron chi connectivity index (χ0n) is 10.3. The first-order valence-electron chi connectivity index (χ1n) is 6.00. The van der Waals surface area contributed by atoms with Crippen LogP contribution >= 0.6 is 0 Å². The highest BCUT2D eigenvalue weighted by atomic mass is 16.5. The number of hydrogen-bond acceptors (Lipinski definition) is 4. The van der Waals surface area contributed by atoms with Gasteiger partial charge in [0.05, 0.1) is 17.2 Å². The molecule has 0 aliphatic carbocycles. The van der Waals surface area contributed by atoms with Crippen LogP contribution in [0.4, 0.5) is 5.82 Å². The number of rotatable bonds is 3. The van der Waals surface area contributed by atoms with E-state index < -0.39 is 0 Å². The van der Waals surface area contributed by atoms with Gasteiger partial charge >= 0.3 is 0 Å². The van der Waals surface area contributed by atoms with Crippen molar-refractivity contribution in [2.75, 3.05) is 5.73 Å². The second-order valence-corrected chi connectivity index (χ2v) is 4.22. The summed E-state index contributed by atoms with van der Waals surface area (Å²) in [5.41, 5.74) is 8.30. The van der Waals surface area contributed by atoms with Crippen LogP contribution in [-0.2, 0) is 6.61 Å². The molecule has 3 rings (SSSR count). The van der Waals surface area contributed by atoms with Gasteiger partial charge in [0.2, 0.25) is 0 Å². The second-order valence-electron chi connectivity index (χ2n) is 4.22. The first kappa shape index (κ1) is 11.5. The summed E-state index contributed by atoms with van der Waals surface area (Å²) in [6.07, 6.45) is 1.55. The fourth-order valence-electron chi connectivity index (χ4n) is 1.84. The van der Waals surface area contributed by atoms with E-state index in [4.69, 9.17) is 10.5 Å². The van der Waals surface area contributed by atoms with Gasteiger partial charge in [-0.15, -0.1) is 0 Å². The summed E-state index contributed by atoms with van der Waals surface area (Å²) in [5, 5.41) is 0. The molecule has 0 bridgehead atoms. The maximum Gasteiger partial charge on any atom is 0.142 e. The van der Waals surface area contributed by atoms with Gasteiger partial charge in [-0.3, -0.25) is 4.98 Å². The monoisotopic (exact) mass is 251 g/mol. The van der Waals surface area contributed by atoms with Crippen molar-refractivity contribution < 1.29 is 4.74 Å². The predicted molar refractivity (Wildman–Crippen MR) is 74.7 cm³/mol. The molecule has 0 saturated carbocycles. The predicted octanol–water partition coefficient (Wildman–Crippen LogP) is 2.79. The molecule has 3 aromatic rings. The average Bonchev–Trinajstić information content (AvgIpc) is 2.46. The van der Waals surface area contributed by atoms with Crippen LogP contribution in [0.1, 0.15) is 5.56 Å². The Morgan fingerprint density at radius 2 is 1.84 bits per heavy atom. The van der Waals surface area contributed by atoms with Crippen LogP contribution in [0.2, 0.25) is 0 Å². The third-order valence-corrected chi connectivity index (χ3v) is 2.78. The van der Waals surface area contributed by atoms with E-state index >= 15 is 0 Å². The zero-order chi connectivity index (χ0) is 13.1. The number of aromatic nitrogens is 2. The molecule has 0 aliphatic heterocycles. The molecule has 0 atom stereocenters. The van der Waals surface area contributed by atoms with Crippen molar-refractivity contribution in [1.29, 1.82) is 0 Å². The van der Waals surface area contributed by atoms with Gasteiger partial charge in [0.25, 0.3) is 0 Å². The fraction of sp³-hybridized carbons (Fsp3) is 0.0667. The first-order chi connectivity index (χ1) is 9.31. The van der Waals surface area contributed by atoms with Gasteiger partial charge in [-0.1, -0.05) is 30.3 Å². The molecule has 0 unspecified atom stereocenters. The highest BCUT2D eigenvalue weighted by molar-refractivity contribution is 5.76. The summed E-state index contributed by atoms with van der Waals surface area (Å²) in [6.45, 7) is 0.530. The van der Waals surface area contributed by atoms with Crippen molar-refractivity contribution in [2.24, 2.45) is 0 Å². The van der Waals surface area contributed by atoms with E-state index in [0.717, 1.165) is 22.3 Å². The Hall–Kier alpha value is -2.62. The van der Waals surface area contributed by atoms with Crippen LogP contribution in [0, 0.1) is 0 Å². The molecule has 2 aromatic carbocycles. The van der Waals surface area contributed by atoms with Gasteiger partial charge in [-0.25, -0.2) is 4.98 Å². The van der Waals surface area contributed by atoms with Crippen molar-refractivity contribution in [1.82, 2.24) is 9.97 Å². The summed E-state index contributed by atoms with van der Waals surface area (Å²) < 4.78 is 5.73. The molecule has 2 N–H and O–H groups in total.